The average molecular weight is 325 g/mol. The SMILES string of the molecule is CC(O)(c1ccccc1Br)C1CCOC2(CCC2)C1. The molecule has 0 bridgehead atoms. The van der Waals surface area contributed by atoms with Gasteiger partial charge in [0.1, 0.15) is 0 Å². The molecule has 1 aliphatic carbocycles. The van der Waals surface area contributed by atoms with Gasteiger partial charge in [0.2, 0.25) is 0 Å². The third-order valence-electron chi connectivity index (χ3n) is 4.97. The van der Waals surface area contributed by atoms with Crippen LogP contribution in [0.15, 0.2) is 28.7 Å². The quantitative estimate of drug-likeness (QED) is 0.890. The van der Waals surface area contributed by atoms with Crippen molar-refractivity contribution in [1.82, 2.24) is 0 Å². The van der Waals surface area contributed by atoms with Crippen molar-refractivity contribution in [2.45, 2.75) is 50.2 Å². The minimum atomic E-state index is -0.785. The molecule has 2 fully saturated rings. The maximum atomic E-state index is 11.1. The molecule has 19 heavy (non-hydrogen) atoms. The van der Waals surface area contributed by atoms with Crippen LogP contribution >= 0.6 is 15.9 Å². The number of hydrogen-bond acceptors (Lipinski definition) is 2. The van der Waals surface area contributed by atoms with E-state index in [4.69, 9.17) is 4.74 Å². The van der Waals surface area contributed by atoms with E-state index in [1.165, 1.54) is 6.42 Å². The molecule has 3 rings (SSSR count). The number of rotatable bonds is 2. The first-order chi connectivity index (χ1) is 9.04. The van der Waals surface area contributed by atoms with Crippen LogP contribution in [0.1, 0.15) is 44.6 Å². The van der Waals surface area contributed by atoms with Crippen LogP contribution in [0.2, 0.25) is 0 Å². The first-order valence-corrected chi connectivity index (χ1v) is 7.94. The average Bonchev–Trinajstić information content (AvgIpc) is 2.37. The van der Waals surface area contributed by atoms with E-state index < -0.39 is 5.60 Å². The lowest BCUT2D eigenvalue weighted by atomic mass is 9.67. The summed E-state index contributed by atoms with van der Waals surface area (Å²) in [5.41, 5.74) is 0.289. The highest BCUT2D eigenvalue weighted by atomic mass is 79.9. The number of benzene rings is 1. The molecule has 1 saturated carbocycles. The van der Waals surface area contributed by atoms with Crippen LogP contribution in [-0.4, -0.2) is 17.3 Å². The van der Waals surface area contributed by atoms with Crippen molar-refractivity contribution in [1.29, 1.82) is 0 Å². The van der Waals surface area contributed by atoms with E-state index >= 15 is 0 Å². The van der Waals surface area contributed by atoms with Crippen molar-refractivity contribution in [2.24, 2.45) is 5.92 Å². The Labute approximate surface area is 123 Å². The van der Waals surface area contributed by atoms with Crippen LogP contribution in [-0.2, 0) is 10.3 Å². The summed E-state index contributed by atoms with van der Waals surface area (Å²) < 4.78 is 6.96. The predicted octanol–water partition coefficient (Wildman–Crippen LogP) is 4.01. The van der Waals surface area contributed by atoms with Gasteiger partial charge in [0.25, 0.3) is 0 Å². The van der Waals surface area contributed by atoms with Gasteiger partial charge in [0, 0.05) is 11.1 Å². The van der Waals surface area contributed by atoms with Gasteiger partial charge in [0.05, 0.1) is 11.2 Å². The lowest BCUT2D eigenvalue weighted by Gasteiger charge is -2.50. The van der Waals surface area contributed by atoms with Crippen LogP contribution in [0.5, 0.6) is 0 Å². The molecule has 1 saturated heterocycles. The fraction of sp³-hybridized carbons (Fsp3) is 0.625. The van der Waals surface area contributed by atoms with Crippen LogP contribution < -0.4 is 0 Å². The molecule has 0 amide bonds. The third kappa shape index (κ3) is 2.37. The molecule has 2 atom stereocenters. The molecular weight excluding hydrogens is 304 g/mol. The molecular formula is C16H21BrO2. The smallest absolute Gasteiger partial charge is 0.0909 e. The Balaban J connectivity index is 1.85. The summed E-state index contributed by atoms with van der Waals surface area (Å²) in [5, 5.41) is 11.1. The van der Waals surface area contributed by atoms with Crippen molar-refractivity contribution < 1.29 is 9.84 Å². The van der Waals surface area contributed by atoms with Crippen molar-refractivity contribution in [2.75, 3.05) is 6.61 Å². The monoisotopic (exact) mass is 324 g/mol. The molecule has 1 spiro atoms. The van der Waals surface area contributed by atoms with Gasteiger partial charge >= 0.3 is 0 Å². The molecule has 1 N–H and O–H groups in total. The minimum Gasteiger partial charge on any atom is -0.385 e. The van der Waals surface area contributed by atoms with E-state index in [9.17, 15) is 5.11 Å². The maximum Gasteiger partial charge on any atom is 0.0909 e. The zero-order valence-corrected chi connectivity index (χ0v) is 12.9. The summed E-state index contributed by atoms with van der Waals surface area (Å²) in [6.07, 6.45) is 5.52. The first-order valence-electron chi connectivity index (χ1n) is 7.15. The molecule has 1 aromatic rings. The molecule has 2 aliphatic rings. The van der Waals surface area contributed by atoms with Crippen LogP contribution in [0.3, 0.4) is 0 Å². The van der Waals surface area contributed by atoms with Gasteiger partial charge in [0.15, 0.2) is 0 Å². The molecule has 1 aromatic carbocycles. The number of ether oxygens (including phenoxy) is 1. The lowest BCUT2D eigenvalue weighted by Crippen LogP contribution is -2.50. The summed E-state index contributed by atoms with van der Waals surface area (Å²) in [6, 6.07) is 8.00. The van der Waals surface area contributed by atoms with Gasteiger partial charge in [-0.1, -0.05) is 34.1 Å². The fourth-order valence-corrected chi connectivity index (χ4v) is 4.20. The highest BCUT2D eigenvalue weighted by molar-refractivity contribution is 9.10. The molecule has 2 unspecified atom stereocenters. The number of aliphatic hydroxyl groups is 1. The van der Waals surface area contributed by atoms with E-state index in [2.05, 4.69) is 15.9 Å². The highest BCUT2D eigenvalue weighted by Crippen LogP contribution is 2.49. The van der Waals surface area contributed by atoms with Crippen molar-refractivity contribution in [3.05, 3.63) is 34.3 Å². The van der Waals surface area contributed by atoms with Gasteiger partial charge in [-0.05, 0) is 56.6 Å². The fourth-order valence-electron chi connectivity index (χ4n) is 3.52. The van der Waals surface area contributed by atoms with Crippen LogP contribution in [0.4, 0.5) is 0 Å². The lowest BCUT2D eigenvalue weighted by molar-refractivity contribution is -0.174. The second-order valence-corrected chi connectivity index (χ2v) is 7.06. The standard InChI is InChI=1S/C16H21BrO2/c1-15(18,13-5-2-3-6-14(13)17)12-7-10-19-16(11-12)8-4-9-16/h2-3,5-6,12,18H,4,7-11H2,1H3. The van der Waals surface area contributed by atoms with Gasteiger partial charge in [-0.15, -0.1) is 0 Å². The zero-order chi connectivity index (χ0) is 13.5. The Morgan fingerprint density at radius 1 is 1.37 bits per heavy atom. The van der Waals surface area contributed by atoms with E-state index in [1.807, 2.05) is 31.2 Å². The largest absolute Gasteiger partial charge is 0.385 e. The van der Waals surface area contributed by atoms with Crippen LogP contribution in [0, 0.1) is 5.92 Å². The molecule has 0 radical (unpaired) electrons. The van der Waals surface area contributed by atoms with Gasteiger partial charge in [-0.3, -0.25) is 0 Å². The first kappa shape index (κ1) is 13.6. The predicted molar refractivity (Wildman–Crippen MR) is 79.0 cm³/mol. The van der Waals surface area contributed by atoms with Crippen molar-refractivity contribution in [3.8, 4) is 0 Å². The number of hydrogen-bond donors (Lipinski definition) is 1. The Hall–Kier alpha value is -0.380. The van der Waals surface area contributed by atoms with Gasteiger partial charge in [-0.25, -0.2) is 0 Å². The topological polar surface area (TPSA) is 29.5 Å². The van der Waals surface area contributed by atoms with Crippen LogP contribution in [0.25, 0.3) is 0 Å². The Morgan fingerprint density at radius 3 is 2.74 bits per heavy atom. The van der Waals surface area contributed by atoms with E-state index in [1.54, 1.807) is 0 Å². The minimum absolute atomic E-state index is 0.0775. The Bertz CT molecular complexity index is 466. The molecule has 1 heterocycles. The highest BCUT2D eigenvalue weighted by Gasteiger charge is 2.47. The molecule has 2 nitrogen and oxygen atoms in total. The van der Waals surface area contributed by atoms with E-state index in [-0.39, 0.29) is 11.5 Å². The summed E-state index contributed by atoms with van der Waals surface area (Å²) in [4.78, 5) is 0. The zero-order valence-electron chi connectivity index (χ0n) is 11.4. The summed E-state index contributed by atoms with van der Waals surface area (Å²) >= 11 is 3.57. The third-order valence-corrected chi connectivity index (χ3v) is 5.66. The van der Waals surface area contributed by atoms with Crippen molar-refractivity contribution in [3.63, 3.8) is 0 Å². The van der Waals surface area contributed by atoms with Gasteiger partial charge in [-0.2, -0.15) is 0 Å². The summed E-state index contributed by atoms with van der Waals surface area (Å²) in [5.74, 6) is 0.278. The second-order valence-electron chi connectivity index (χ2n) is 6.20. The van der Waals surface area contributed by atoms with E-state index in [0.717, 1.165) is 42.3 Å². The Morgan fingerprint density at radius 2 is 2.11 bits per heavy atom. The van der Waals surface area contributed by atoms with E-state index in [0.29, 0.717) is 0 Å². The molecule has 3 heteroatoms. The molecule has 1 aliphatic heterocycles. The van der Waals surface area contributed by atoms with Crippen molar-refractivity contribution >= 4 is 15.9 Å². The summed E-state index contributed by atoms with van der Waals surface area (Å²) in [7, 11) is 0. The molecule has 104 valence electrons. The normalized spacial score (nSPS) is 28.7. The summed E-state index contributed by atoms with van der Waals surface area (Å²) in [6.45, 7) is 2.74. The van der Waals surface area contributed by atoms with Gasteiger partial charge < -0.3 is 9.84 Å². The molecule has 0 aromatic heterocycles. The maximum absolute atomic E-state index is 11.1. The number of halogens is 1. The Kier molecular flexibility index (Phi) is 3.48. The second kappa shape index (κ2) is 4.87.